The number of carbonyl (C=O) groups excluding carboxylic acids is 3. The van der Waals surface area contributed by atoms with Gasteiger partial charge < -0.3 is 9.47 Å². The van der Waals surface area contributed by atoms with Gasteiger partial charge in [0.05, 0.1) is 20.8 Å². The molecule has 4 amide bonds. The van der Waals surface area contributed by atoms with Crippen LogP contribution in [0.15, 0.2) is 12.1 Å². The van der Waals surface area contributed by atoms with Gasteiger partial charge in [0.15, 0.2) is 11.5 Å². The third kappa shape index (κ3) is 2.49. The van der Waals surface area contributed by atoms with Gasteiger partial charge in [-0.05, 0) is 37.1 Å². The summed E-state index contributed by atoms with van der Waals surface area (Å²) < 4.78 is 10.4. The second-order valence-corrected chi connectivity index (χ2v) is 4.86. The first-order chi connectivity index (χ1) is 10.4. The van der Waals surface area contributed by atoms with E-state index >= 15 is 0 Å². The summed E-state index contributed by atoms with van der Waals surface area (Å²) in [5.41, 5.74) is 1.55. The quantitative estimate of drug-likeness (QED) is 0.606. The predicted octanol–water partition coefficient (Wildman–Crippen LogP) is 1.32. The van der Waals surface area contributed by atoms with Crippen LogP contribution < -0.4 is 9.47 Å². The lowest BCUT2D eigenvalue weighted by atomic mass is 10.1. The highest BCUT2D eigenvalue weighted by atomic mass is 16.5. The molecular formula is C15H18N2O5. The van der Waals surface area contributed by atoms with E-state index in [0.29, 0.717) is 17.1 Å². The van der Waals surface area contributed by atoms with Gasteiger partial charge in [-0.2, -0.15) is 0 Å². The topological polar surface area (TPSA) is 76.2 Å². The van der Waals surface area contributed by atoms with E-state index in [1.807, 2.05) is 6.92 Å². The molecule has 0 saturated carbocycles. The van der Waals surface area contributed by atoms with Crippen LogP contribution >= 0.6 is 0 Å². The lowest BCUT2D eigenvalue weighted by molar-refractivity contribution is -0.143. The van der Waals surface area contributed by atoms with E-state index in [1.54, 1.807) is 19.1 Å². The minimum atomic E-state index is -0.805. The number of imide groups is 2. The molecular weight excluding hydrogens is 288 g/mol. The molecule has 1 aromatic carbocycles. The molecule has 7 heteroatoms. The number of likely N-dealkylation sites (N-methyl/N-ethyl adjacent to an activating group) is 1. The molecule has 0 atom stereocenters. The second-order valence-electron chi connectivity index (χ2n) is 4.86. The molecule has 1 aliphatic rings. The number of hydrogen-bond donors (Lipinski definition) is 0. The van der Waals surface area contributed by atoms with Crippen molar-refractivity contribution < 1.29 is 23.9 Å². The summed E-state index contributed by atoms with van der Waals surface area (Å²) in [7, 11) is 3.04. The first-order valence-electron chi connectivity index (χ1n) is 6.83. The Morgan fingerprint density at radius 2 is 1.50 bits per heavy atom. The first-order valence-corrected chi connectivity index (χ1v) is 6.83. The summed E-state index contributed by atoms with van der Waals surface area (Å²) in [6, 6.07) is 2.87. The summed E-state index contributed by atoms with van der Waals surface area (Å²) in [4.78, 5) is 37.6. The third-order valence-electron chi connectivity index (χ3n) is 3.62. The standard InChI is InChI=1S/C15H18N2O5/c1-5-16-13(18)14(19)17(15(16)20)8-10-7-12(22-4)11(21-3)6-9(10)2/h6-7H,5,8H2,1-4H3. The van der Waals surface area contributed by atoms with Gasteiger partial charge in [0.25, 0.3) is 0 Å². The summed E-state index contributed by atoms with van der Waals surface area (Å²) in [6.45, 7) is 3.67. The zero-order chi connectivity index (χ0) is 16.4. The number of amides is 4. The fourth-order valence-electron chi connectivity index (χ4n) is 2.33. The van der Waals surface area contributed by atoms with Crippen molar-refractivity contribution in [2.45, 2.75) is 20.4 Å². The Labute approximate surface area is 128 Å². The fraction of sp³-hybridized carbons (Fsp3) is 0.400. The van der Waals surface area contributed by atoms with Crippen LogP contribution in [0.5, 0.6) is 11.5 Å². The minimum Gasteiger partial charge on any atom is -0.493 e. The summed E-state index contributed by atoms with van der Waals surface area (Å²) in [5.74, 6) is -0.526. The van der Waals surface area contributed by atoms with Gasteiger partial charge >= 0.3 is 17.8 Å². The van der Waals surface area contributed by atoms with E-state index in [1.165, 1.54) is 14.2 Å². The van der Waals surface area contributed by atoms with Crippen molar-refractivity contribution in [2.24, 2.45) is 0 Å². The summed E-state index contributed by atoms with van der Waals surface area (Å²) >= 11 is 0. The number of benzene rings is 1. The van der Waals surface area contributed by atoms with Gasteiger partial charge in [0.2, 0.25) is 0 Å². The molecule has 118 valence electrons. The predicted molar refractivity (Wildman–Crippen MR) is 77.6 cm³/mol. The van der Waals surface area contributed by atoms with Crippen LogP contribution in [-0.2, 0) is 16.1 Å². The largest absolute Gasteiger partial charge is 0.493 e. The zero-order valence-electron chi connectivity index (χ0n) is 13.0. The van der Waals surface area contributed by atoms with Crippen LogP contribution in [0.3, 0.4) is 0 Å². The van der Waals surface area contributed by atoms with Crippen LogP contribution in [0.2, 0.25) is 0 Å². The Morgan fingerprint density at radius 1 is 0.955 bits per heavy atom. The average molecular weight is 306 g/mol. The van der Waals surface area contributed by atoms with Gasteiger partial charge in [0, 0.05) is 6.54 Å². The van der Waals surface area contributed by atoms with Crippen molar-refractivity contribution in [3.8, 4) is 11.5 Å². The lowest BCUT2D eigenvalue weighted by Crippen LogP contribution is -2.33. The van der Waals surface area contributed by atoms with Gasteiger partial charge in [-0.25, -0.2) is 4.79 Å². The SMILES string of the molecule is CCN1C(=O)C(=O)N(Cc2cc(OC)c(OC)cc2C)C1=O. The molecule has 2 rings (SSSR count). The molecule has 0 aliphatic carbocycles. The molecule has 0 bridgehead atoms. The number of carbonyl (C=O) groups is 3. The molecule has 1 fully saturated rings. The Kier molecular flexibility index (Phi) is 4.35. The normalized spacial score (nSPS) is 14.8. The first kappa shape index (κ1) is 15.8. The molecule has 7 nitrogen and oxygen atoms in total. The molecule has 0 radical (unpaired) electrons. The third-order valence-corrected chi connectivity index (χ3v) is 3.62. The van der Waals surface area contributed by atoms with Crippen LogP contribution in [0, 0.1) is 6.92 Å². The molecule has 0 aromatic heterocycles. The number of hydrogen-bond acceptors (Lipinski definition) is 5. The highest BCUT2D eigenvalue weighted by Crippen LogP contribution is 2.31. The Bertz CT molecular complexity index is 641. The highest BCUT2D eigenvalue weighted by Gasteiger charge is 2.43. The molecule has 0 unspecified atom stereocenters. The summed E-state index contributed by atoms with van der Waals surface area (Å²) in [6.07, 6.45) is 0. The van der Waals surface area contributed by atoms with E-state index in [-0.39, 0.29) is 13.1 Å². The maximum absolute atomic E-state index is 12.1. The van der Waals surface area contributed by atoms with Crippen LogP contribution in [-0.4, -0.2) is 48.4 Å². The van der Waals surface area contributed by atoms with E-state index in [4.69, 9.17) is 9.47 Å². The van der Waals surface area contributed by atoms with E-state index in [9.17, 15) is 14.4 Å². The number of methoxy groups -OCH3 is 2. The number of urea groups is 1. The number of ether oxygens (including phenoxy) is 2. The maximum Gasteiger partial charge on any atom is 0.334 e. The van der Waals surface area contributed by atoms with E-state index in [2.05, 4.69) is 0 Å². The number of rotatable bonds is 5. The molecule has 0 N–H and O–H groups in total. The van der Waals surface area contributed by atoms with Gasteiger partial charge in [0.1, 0.15) is 0 Å². The van der Waals surface area contributed by atoms with Crippen molar-refractivity contribution >= 4 is 17.8 Å². The fourth-order valence-corrected chi connectivity index (χ4v) is 2.33. The van der Waals surface area contributed by atoms with E-state index in [0.717, 1.165) is 15.4 Å². The molecule has 1 heterocycles. The van der Waals surface area contributed by atoms with Crippen molar-refractivity contribution in [3.63, 3.8) is 0 Å². The molecule has 1 aromatic rings. The van der Waals surface area contributed by atoms with Crippen LogP contribution in [0.4, 0.5) is 4.79 Å². The Balaban J connectivity index is 2.33. The van der Waals surface area contributed by atoms with Gasteiger partial charge in [-0.3, -0.25) is 19.4 Å². The molecule has 0 spiro atoms. The van der Waals surface area contributed by atoms with Crippen molar-refractivity contribution in [2.75, 3.05) is 20.8 Å². The minimum absolute atomic E-state index is 0.0199. The van der Waals surface area contributed by atoms with Gasteiger partial charge in [-0.15, -0.1) is 0 Å². The molecule has 22 heavy (non-hydrogen) atoms. The Hall–Kier alpha value is -2.57. The van der Waals surface area contributed by atoms with Gasteiger partial charge in [-0.1, -0.05) is 0 Å². The van der Waals surface area contributed by atoms with E-state index < -0.39 is 17.8 Å². The van der Waals surface area contributed by atoms with Crippen LogP contribution in [0.25, 0.3) is 0 Å². The van der Waals surface area contributed by atoms with Crippen molar-refractivity contribution in [1.29, 1.82) is 0 Å². The smallest absolute Gasteiger partial charge is 0.334 e. The number of nitrogens with zero attached hydrogens (tertiary/aromatic N) is 2. The highest BCUT2D eigenvalue weighted by molar-refractivity contribution is 6.44. The second kappa shape index (κ2) is 6.05. The molecule has 1 saturated heterocycles. The average Bonchev–Trinajstić information content (AvgIpc) is 2.71. The van der Waals surface area contributed by atoms with Crippen molar-refractivity contribution in [3.05, 3.63) is 23.3 Å². The van der Waals surface area contributed by atoms with Crippen molar-refractivity contribution in [1.82, 2.24) is 9.80 Å². The summed E-state index contributed by atoms with van der Waals surface area (Å²) in [5, 5.41) is 0. The van der Waals surface area contributed by atoms with Crippen LogP contribution in [0.1, 0.15) is 18.1 Å². The monoisotopic (exact) mass is 306 g/mol. The Morgan fingerprint density at radius 3 is 2.00 bits per heavy atom. The number of aryl methyl sites for hydroxylation is 1. The zero-order valence-corrected chi connectivity index (χ0v) is 13.0. The maximum atomic E-state index is 12.1. The lowest BCUT2D eigenvalue weighted by Gasteiger charge is -2.17. The molecule has 1 aliphatic heterocycles.